The number of ether oxygens (including phenoxy) is 3. The van der Waals surface area contributed by atoms with Crippen LogP contribution in [0, 0.1) is 29.1 Å². The van der Waals surface area contributed by atoms with Crippen molar-refractivity contribution in [1.29, 1.82) is 0 Å². The minimum absolute atomic E-state index is 0.115. The number of hydrogen-bond acceptors (Lipinski definition) is 4. The SMILES string of the molecule is CCCCCCCCCC(CNC(=O)Nc1c(F)c(F)c(F)c(F)c1F)OC(OC(C)C)OC(C)C. The van der Waals surface area contributed by atoms with Crippen LogP contribution in [0.2, 0.25) is 0 Å². The van der Waals surface area contributed by atoms with Crippen LogP contribution in [0.4, 0.5) is 32.4 Å². The summed E-state index contributed by atoms with van der Waals surface area (Å²) >= 11 is 0. The molecule has 1 atom stereocenters. The third-order valence-corrected chi connectivity index (χ3v) is 5.14. The van der Waals surface area contributed by atoms with Crippen molar-refractivity contribution in [2.45, 2.75) is 111 Å². The first-order chi connectivity index (χ1) is 17.0. The summed E-state index contributed by atoms with van der Waals surface area (Å²) in [7, 11) is 0. The maximum absolute atomic E-state index is 13.9. The second-order valence-electron chi connectivity index (χ2n) is 9.11. The van der Waals surface area contributed by atoms with Crippen LogP contribution in [0.1, 0.15) is 86.0 Å². The van der Waals surface area contributed by atoms with E-state index in [2.05, 4.69) is 12.2 Å². The van der Waals surface area contributed by atoms with Crippen LogP contribution in [0.3, 0.4) is 0 Å². The number of carbonyl (C=O) groups excluding carboxylic acids is 1. The molecular formula is C25H39F5N2O4. The number of carbonyl (C=O) groups is 1. The minimum atomic E-state index is -2.31. The topological polar surface area (TPSA) is 68.8 Å². The smallest absolute Gasteiger partial charge is 0.319 e. The molecule has 1 rings (SSSR count). The molecule has 2 N–H and O–H groups in total. The molecule has 11 heteroatoms. The van der Waals surface area contributed by atoms with E-state index in [1.807, 2.05) is 0 Å². The summed E-state index contributed by atoms with van der Waals surface area (Å²) in [4.78, 5) is 12.2. The first-order valence-corrected chi connectivity index (χ1v) is 12.5. The van der Waals surface area contributed by atoms with Gasteiger partial charge in [0.1, 0.15) is 5.69 Å². The van der Waals surface area contributed by atoms with Crippen molar-refractivity contribution in [1.82, 2.24) is 5.32 Å². The number of urea groups is 1. The Labute approximate surface area is 210 Å². The second kappa shape index (κ2) is 16.7. The zero-order valence-electron chi connectivity index (χ0n) is 21.7. The first-order valence-electron chi connectivity index (χ1n) is 12.5. The standard InChI is InChI=1S/C25H39F5N2O4/c1-6-7-8-9-10-11-12-13-17(36-25(34-15(2)3)35-16(4)5)14-31-24(33)32-23-21(29)19(27)18(26)20(28)22(23)30/h15-17,25H,6-14H2,1-5H3,(H2,31,32,33). The largest absolute Gasteiger partial charge is 0.335 e. The van der Waals surface area contributed by atoms with Crippen molar-refractivity contribution < 1.29 is 41.0 Å². The number of rotatable bonds is 17. The fourth-order valence-corrected chi connectivity index (χ4v) is 3.32. The maximum Gasteiger partial charge on any atom is 0.319 e. The van der Waals surface area contributed by atoms with Crippen LogP contribution in [-0.4, -0.2) is 37.4 Å². The average molecular weight is 527 g/mol. The number of nitrogens with one attached hydrogen (secondary N) is 2. The van der Waals surface area contributed by atoms with Gasteiger partial charge in [-0.15, -0.1) is 0 Å². The summed E-state index contributed by atoms with van der Waals surface area (Å²) in [6, 6.07) is -1.16. The highest BCUT2D eigenvalue weighted by Crippen LogP contribution is 2.27. The molecule has 0 spiro atoms. The molecule has 36 heavy (non-hydrogen) atoms. The van der Waals surface area contributed by atoms with Crippen LogP contribution in [0.5, 0.6) is 0 Å². The van der Waals surface area contributed by atoms with E-state index < -0.39 is 53.4 Å². The molecule has 0 radical (unpaired) electrons. The lowest BCUT2D eigenvalue weighted by molar-refractivity contribution is -0.325. The minimum Gasteiger partial charge on any atom is -0.335 e. The van der Waals surface area contributed by atoms with Gasteiger partial charge in [0.25, 0.3) is 6.48 Å². The van der Waals surface area contributed by atoms with Crippen molar-refractivity contribution in [2.24, 2.45) is 0 Å². The molecule has 0 aromatic heterocycles. The van der Waals surface area contributed by atoms with Gasteiger partial charge in [0.15, 0.2) is 23.3 Å². The predicted molar refractivity (Wildman–Crippen MR) is 127 cm³/mol. The van der Waals surface area contributed by atoms with E-state index >= 15 is 0 Å². The third kappa shape index (κ3) is 11.4. The van der Waals surface area contributed by atoms with Crippen LogP contribution in [-0.2, 0) is 14.2 Å². The molecule has 0 aliphatic heterocycles. The molecule has 1 aromatic rings. The van der Waals surface area contributed by atoms with E-state index in [9.17, 15) is 26.7 Å². The Hall–Kier alpha value is -1.98. The Balaban J connectivity index is 2.80. The molecule has 6 nitrogen and oxygen atoms in total. The average Bonchev–Trinajstić information content (AvgIpc) is 2.81. The van der Waals surface area contributed by atoms with E-state index in [-0.39, 0.29) is 18.8 Å². The first kappa shape index (κ1) is 32.0. The highest BCUT2D eigenvalue weighted by Gasteiger charge is 2.27. The lowest BCUT2D eigenvalue weighted by atomic mass is 10.1. The molecule has 0 fully saturated rings. The summed E-state index contributed by atoms with van der Waals surface area (Å²) in [6.07, 6.45) is 6.93. The molecule has 0 heterocycles. The zero-order valence-corrected chi connectivity index (χ0v) is 21.7. The van der Waals surface area contributed by atoms with Gasteiger partial charge < -0.3 is 24.8 Å². The monoisotopic (exact) mass is 526 g/mol. The lowest BCUT2D eigenvalue weighted by Crippen LogP contribution is -2.40. The van der Waals surface area contributed by atoms with Crippen molar-refractivity contribution in [2.75, 3.05) is 11.9 Å². The van der Waals surface area contributed by atoms with Crippen LogP contribution in [0.15, 0.2) is 0 Å². The van der Waals surface area contributed by atoms with Crippen LogP contribution < -0.4 is 10.6 Å². The van der Waals surface area contributed by atoms with Crippen molar-refractivity contribution >= 4 is 11.7 Å². The molecule has 0 saturated carbocycles. The van der Waals surface area contributed by atoms with E-state index in [1.54, 1.807) is 33.0 Å². The van der Waals surface area contributed by atoms with Gasteiger partial charge in [-0.1, -0.05) is 51.9 Å². The summed E-state index contributed by atoms with van der Waals surface area (Å²) in [5, 5.41) is 4.05. The number of amides is 2. The molecule has 208 valence electrons. The van der Waals surface area contributed by atoms with Gasteiger partial charge in [0.2, 0.25) is 5.82 Å². The number of anilines is 1. The van der Waals surface area contributed by atoms with Gasteiger partial charge in [-0.05, 0) is 34.1 Å². The van der Waals surface area contributed by atoms with Crippen LogP contribution >= 0.6 is 0 Å². The number of halogens is 5. The molecule has 0 aliphatic carbocycles. The quantitative estimate of drug-likeness (QED) is 0.0743. The lowest BCUT2D eigenvalue weighted by Gasteiger charge is -2.28. The van der Waals surface area contributed by atoms with Gasteiger partial charge in [-0.3, -0.25) is 0 Å². The Morgan fingerprint density at radius 1 is 0.722 bits per heavy atom. The number of benzene rings is 1. The second-order valence-corrected chi connectivity index (χ2v) is 9.11. The summed E-state index contributed by atoms with van der Waals surface area (Å²) in [5.74, 6) is -10.9. The molecule has 0 saturated heterocycles. The molecule has 1 unspecified atom stereocenters. The Morgan fingerprint density at radius 3 is 1.69 bits per heavy atom. The van der Waals surface area contributed by atoms with Crippen molar-refractivity contribution in [3.63, 3.8) is 0 Å². The highest BCUT2D eigenvalue weighted by atomic mass is 19.2. The normalized spacial score (nSPS) is 12.6. The molecule has 1 aromatic carbocycles. The molecular weight excluding hydrogens is 487 g/mol. The van der Waals surface area contributed by atoms with Gasteiger partial charge in [0, 0.05) is 6.54 Å². The van der Waals surface area contributed by atoms with Gasteiger partial charge in [0.05, 0.1) is 18.3 Å². The number of hydrogen-bond donors (Lipinski definition) is 2. The summed E-state index contributed by atoms with van der Waals surface area (Å²) < 4.78 is 85.0. The number of unbranched alkanes of at least 4 members (excludes halogenated alkanes) is 6. The van der Waals surface area contributed by atoms with Crippen molar-refractivity contribution in [3.8, 4) is 0 Å². The fraction of sp³-hybridized carbons (Fsp3) is 0.720. The highest BCUT2D eigenvalue weighted by molar-refractivity contribution is 5.89. The van der Waals surface area contributed by atoms with Crippen LogP contribution in [0.25, 0.3) is 0 Å². The molecule has 2 amide bonds. The van der Waals surface area contributed by atoms with Gasteiger partial charge >= 0.3 is 6.03 Å². The van der Waals surface area contributed by atoms with E-state index in [1.165, 1.54) is 12.8 Å². The molecule has 0 bridgehead atoms. The predicted octanol–water partition coefficient (Wildman–Crippen LogP) is 7.16. The molecule has 0 aliphatic rings. The maximum atomic E-state index is 13.9. The zero-order chi connectivity index (χ0) is 27.3. The fourth-order valence-electron chi connectivity index (χ4n) is 3.32. The summed E-state index contributed by atoms with van der Waals surface area (Å²) in [6.45, 7) is 8.24. The van der Waals surface area contributed by atoms with Crippen molar-refractivity contribution in [3.05, 3.63) is 29.1 Å². The third-order valence-electron chi connectivity index (χ3n) is 5.14. The van der Waals surface area contributed by atoms with E-state index in [0.717, 1.165) is 32.1 Å². The van der Waals surface area contributed by atoms with Gasteiger partial charge in [-0.25, -0.2) is 26.7 Å². The van der Waals surface area contributed by atoms with E-state index in [4.69, 9.17) is 14.2 Å². The summed E-state index contributed by atoms with van der Waals surface area (Å²) in [5.41, 5.74) is -1.43. The Morgan fingerprint density at radius 2 is 1.19 bits per heavy atom. The van der Waals surface area contributed by atoms with Gasteiger partial charge in [-0.2, -0.15) is 0 Å². The Kier molecular flexibility index (Phi) is 14.9. The van der Waals surface area contributed by atoms with E-state index in [0.29, 0.717) is 6.42 Å². The Bertz CT molecular complexity index is 772.